The number of carbonyl (C=O) groups excluding carboxylic acids is 5. The number of Topliss-reactive ketones (excluding diaryl/α,β-unsaturated/α-hetero) is 1. The van der Waals surface area contributed by atoms with E-state index < -0.39 is 106 Å². The quantitative estimate of drug-likeness (QED) is 0.143. The number of rotatable bonds is 16. The summed E-state index contributed by atoms with van der Waals surface area (Å²) in [5, 5.41) is 4.46. The van der Waals surface area contributed by atoms with Gasteiger partial charge in [0.05, 0.1) is 24.2 Å². The number of sulfone groups is 1. The lowest BCUT2D eigenvalue weighted by Crippen LogP contribution is -2.60. The lowest BCUT2D eigenvalue weighted by atomic mass is 9.94. The van der Waals surface area contributed by atoms with Gasteiger partial charge in [0, 0.05) is 24.2 Å². The number of halogens is 6. The summed E-state index contributed by atoms with van der Waals surface area (Å²) >= 11 is 6.17. The monoisotopic (exact) mass is 843 g/mol. The first-order valence-electron chi connectivity index (χ1n) is 17.3. The number of nitrogens with one attached hydrogen (secondary N) is 3. The van der Waals surface area contributed by atoms with Crippen LogP contribution in [0.5, 0.6) is 5.75 Å². The molecule has 2 aromatic carbocycles. The minimum atomic E-state index is -5.08. The maximum absolute atomic E-state index is 15.0. The predicted molar refractivity (Wildman–Crippen MR) is 196 cm³/mol. The molecule has 0 saturated carbocycles. The molecule has 20 heteroatoms. The first kappa shape index (κ1) is 44.5. The lowest BCUT2D eigenvalue weighted by Gasteiger charge is -2.31. The Labute approximate surface area is 329 Å². The van der Waals surface area contributed by atoms with E-state index in [2.05, 4.69) is 15.6 Å². The molecule has 1 fully saturated rings. The molecule has 1 aliphatic heterocycles. The number of alkyl halides is 5. The molecule has 4 rings (SSSR count). The van der Waals surface area contributed by atoms with Crippen molar-refractivity contribution in [2.45, 2.75) is 67.9 Å². The molecular weight excluding hydrogens is 805 g/mol. The van der Waals surface area contributed by atoms with E-state index in [-0.39, 0.29) is 17.1 Å². The third-order valence-electron chi connectivity index (χ3n) is 9.00. The molecule has 3 N–H and O–H groups in total. The fourth-order valence-corrected chi connectivity index (χ4v) is 8.00. The minimum Gasteiger partial charge on any atom is -0.497 e. The van der Waals surface area contributed by atoms with Crippen LogP contribution in [0.4, 0.5) is 22.0 Å². The highest BCUT2D eigenvalue weighted by atomic mass is 35.5. The maximum Gasteiger partial charge on any atom is 0.405 e. The van der Waals surface area contributed by atoms with Gasteiger partial charge in [0.1, 0.15) is 30.1 Å². The normalized spacial score (nSPS) is 17.1. The van der Waals surface area contributed by atoms with Crippen LogP contribution >= 0.6 is 11.6 Å². The van der Waals surface area contributed by atoms with Gasteiger partial charge in [-0.05, 0) is 59.9 Å². The molecule has 0 radical (unpaired) electrons. The van der Waals surface area contributed by atoms with E-state index in [0.29, 0.717) is 16.9 Å². The molecule has 0 aliphatic carbocycles. The summed E-state index contributed by atoms with van der Waals surface area (Å²) in [4.78, 5) is 71.8. The third kappa shape index (κ3) is 11.7. The highest BCUT2D eigenvalue weighted by Gasteiger charge is 2.53. The molecule has 4 amide bonds. The maximum atomic E-state index is 15.0. The Morgan fingerprint density at radius 1 is 0.947 bits per heavy atom. The number of amides is 4. The van der Waals surface area contributed by atoms with Gasteiger partial charge in [0.25, 0.3) is 11.8 Å². The first-order valence-corrected chi connectivity index (χ1v) is 19.4. The molecule has 3 aromatic rings. The first-order chi connectivity index (χ1) is 26.6. The minimum absolute atomic E-state index is 0.0875. The number of carbonyl (C=O) groups is 5. The highest BCUT2D eigenvalue weighted by molar-refractivity contribution is 7.91. The number of nitrogens with zero attached hydrogens (tertiary/aromatic N) is 2. The Morgan fingerprint density at radius 3 is 2.21 bits per heavy atom. The van der Waals surface area contributed by atoms with Crippen molar-refractivity contribution in [1.29, 1.82) is 0 Å². The Bertz CT molecular complexity index is 2060. The van der Waals surface area contributed by atoms with E-state index >= 15 is 8.78 Å². The second-order valence-corrected chi connectivity index (χ2v) is 16.3. The van der Waals surface area contributed by atoms with Gasteiger partial charge in [-0.15, -0.1) is 0 Å². The van der Waals surface area contributed by atoms with Crippen molar-refractivity contribution < 1.29 is 59.1 Å². The van der Waals surface area contributed by atoms with Gasteiger partial charge in [-0.1, -0.05) is 55.8 Å². The van der Waals surface area contributed by atoms with Crippen LogP contribution in [0.3, 0.4) is 0 Å². The molecule has 1 aromatic heterocycles. The molecular formula is C37H39ClF5N5O8S. The standard InChI is InChI=1S/C37H39ClF5N5O8S/c1-21(2)30(31(49)37(42,43)35(53)45-20-36(39,40)41)47-33(51)29-17-26(57(54,55)19-22-10-12-25(56-3)13-11-22)18-48(29)34(52)28(16-23-7-6-8-24(38)15-23)46-32(50)27-9-4-5-14-44-27/h4-15,21,26,28-30H,16-20H2,1-3H3,(H,45,53)(H,46,50)(H,47,51)/t26-,28?,29+,30?/m1/s1. The fourth-order valence-electron chi connectivity index (χ4n) is 6.03. The Kier molecular flexibility index (Phi) is 14.4. The number of ether oxygens (including phenoxy) is 1. The van der Waals surface area contributed by atoms with Crippen LogP contribution in [0.25, 0.3) is 0 Å². The fraction of sp³-hybridized carbons (Fsp3) is 0.405. The van der Waals surface area contributed by atoms with Gasteiger partial charge in [-0.2, -0.15) is 22.0 Å². The lowest BCUT2D eigenvalue weighted by molar-refractivity contribution is -0.165. The Morgan fingerprint density at radius 2 is 1.63 bits per heavy atom. The van der Waals surface area contributed by atoms with E-state index in [1.54, 1.807) is 24.3 Å². The van der Waals surface area contributed by atoms with Crippen LogP contribution in [0, 0.1) is 5.92 Å². The number of likely N-dealkylation sites (tertiary alicyclic amines) is 1. The molecule has 57 heavy (non-hydrogen) atoms. The summed E-state index contributed by atoms with van der Waals surface area (Å²) in [5.74, 6) is -14.2. The zero-order chi connectivity index (χ0) is 42.3. The van der Waals surface area contributed by atoms with Gasteiger partial charge in [0.2, 0.25) is 17.6 Å². The van der Waals surface area contributed by atoms with Gasteiger partial charge < -0.3 is 25.6 Å². The highest BCUT2D eigenvalue weighted by Crippen LogP contribution is 2.29. The molecule has 2 heterocycles. The molecule has 1 saturated heterocycles. The number of benzene rings is 2. The van der Waals surface area contributed by atoms with E-state index in [1.807, 2.05) is 0 Å². The topological polar surface area (TPSA) is 181 Å². The largest absolute Gasteiger partial charge is 0.497 e. The second-order valence-electron chi connectivity index (χ2n) is 13.6. The summed E-state index contributed by atoms with van der Waals surface area (Å²) in [7, 11) is -2.78. The van der Waals surface area contributed by atoms with E-state index in [4.69, 9.17) is 16.3 Å². The van der Waals surface area contributed by atoms with Gasteiger partial charge in [-0.25, -0.2) is 8.42 Å². The molecule has 2 unspecified atom stereocenters. The third-order valence-corrected chi connectivity index (χ3v) is 11.3. The van der Waals surface area contributed by atoms with Crippen LogP contribution in [0.1, 0.15) is 41.9 Å². The molecule has 4 atom stereocenters. The van der Waals surface area contributed by atoms with Gasteiger partial charge in [0.15, 0.2) is 9.84 Å². The summed E-state index contributed by atoms with van der Waals surface area (Å²) in [5.41, 5.74) is 0.692. The SMILES string of the molecule is COc1ccc(CS(=O)(=O)[C@@H]2C[C@@H](C(=O)NC(C(=O)C(F)(F)C(=O)NCC(F)(F)F)C(C)C)N(C(=O)C(Cc3cccc(Cl)c3)NC(=O)c3ccccn3)C2)cc1. The van der Waals surface area contributed by atoms with E-state index in [0.717, 1.165) is 10.2 Å². The molecule has 0 bridgehead atoms. The summed E-state index contributed by atoms with van der Waals surface area (Å²) < 4.78 is 101. The number of hydrogen-bond acceptors (Lipinski definition) is 9. The number of aromatic nitrogens is 1. The van der Waals surface area contributed by atoms with Gasteiger partial charge >= 0.3 is 12.1 Å². The zero-order valence-electron chi connectivity index (χ0n) is 30.7. The summed E-state index contributed by atoms with van der Waals surface area (Å²) in [6.07, 6.45) is -4.56. The summed E-state index contributed by atoms with van der Waals surface area (Å²) in [6, 6.07) is 11.3. The number of ketones is 1. The number of pyridine rings is 1. The van der Waals surface area contributed by atoms with Gasteiger partial charge in [-0.3, -0.25) is 29.0 Å². The van der Waals surface area contributed by atoms with Crippen molar-refractivity contribution in [3.63, 3.8) is 0 Å². The number of methoxy groups -OCH3 is 1. The summed E-state index contributed by atoms with van der Waals surface area (Å²) in [6.45, 7) is -0.357. The molecule has 308 valence electrons. The second kappa shape index (κ2) is 18.4. The van der Waals surface area contributed by atoms with Crippen LogP contribution in [-0.4, -0.2) is 103 Å². The Balaban J connectivity index is 1.70. The van der Waals surface area contributed by atoms with Crippen LogP contribution in [0.15, 0.2) is 72.9 Å². The van der Waals surface area contributed by atoms with Crippen LogP contribution in [0.2, 0.25) is 5.02 Å². The van der Waals surface area contributed by atoms with Crippen molar-refractivity contribution in [2.75, 3.05) is 20.2 Å². The average Bonchev–Trinajstić information content (AvgIpc) is 3.62. The smallest absolute Gasteiger partial charge is 0.405 e. The Hall–Kier alpha value is -5.17. The van der Waals surface area contributed by atoms with E-state index in [1.165, 1.54) is 69.6 Å². The van der Waals surface area contributed by atoms with Crippen LogP contribution in [-0.2, 0) is 41.2 Å². The number of hydrogen-bond donors (Lipinski definition) is 3. The molecule has 1 aliphatic rings. The van der Waals surface area contributed by atoms with Crippen molar-refractivity contribution >= 4 is 50.9 Å². The molecule has 0 spiro atoms. The van der Waals surface area contributed by atoms with Crippen molar-refractivity contribution in [3.05, 3.63) is 94.8 Å². The predicted octanol–water partition coefficient (Wildman–Crippen LogP) is 3.69. The zero-order valence-corrected chi connectivity index (χ0v) is 32.3. The van der Waals surface area contributed by atoms with Crippen LogP contribution < -0.4 is 20.7 Å². The van der Waals surface area contributed by atoms with Crippen molar-refractivity contribution in [3.8, 4) is 5.75 Å². The molecule has 13 nitrogen and oxygen atoms in total. The van der Waals surface area contributed by atoms with E-state index in [9.17, 15) is 45.6 Å². The van der Waals surface area contributed by atoms with Crippen molar-refractivity contribution in [2.24, 2.45) is 5.92 Å². The van der Waals surface area contributed by atoms with Crippen molar-refractivity contribution in [1.82, 2.24) is 25.8 Å². The average molecular weight is 844 g/mol.